The van der Waals surface area contributed by atoms with Gasteiger partial charge in [0.15, 0.2) is 23.3 Å². The van der Waals surface area contributed by atoms with Gasteiger partial charge in [0.25, 0.3) is 0 Å². The highest BCUT2D eigenvalue weighted by molar-refractivity contribution is 6.58. The van der Waals surface area contributed by atoms with Crippen molar-refractivity contribution in [2.75, 3.05) is 0 Å². The largest absolute Gasteiger partial charge is 0.679 e. The number of aromatic nitrogens is 4. The van der Waals surface area contributed by atoms with E-state index in [1.54, 1.807) is 158 Å². The van der Waals surface area contributed by atoms with Crippen molar-refractivity contribution < 1.29 is 34.5 Å². The molecular formula is C56H34B4F8N12. The Hall–Kier alpha value is -9.98. The van der Waals surface area contributed by atoms with Crippen LogP contribution in [0.3, 0.4) is 0 Å². The van der Waals surface area contributed by atoms with Crippen molar-refractivity contribution in [3.8, 4) is 11.1 Å². The Morgan fingerprint density at radius 2 is 0.463 bits per heavy atom. The van der Waals surface area contributed by atoms with Gasteiger partial charge in [-0.15, -0.1) is 0 Å². The van der Waals surface area contributed by atoms with Crippen LogP contribution in [0.2, 0.25) is 0 Å². The van der Waals surface area contributed by atoms with Crippen molar-refractivity contribution in [3.05, 3.63) is 251 Å². The number of hydrogen-bond donors (Lipinski definition) is 0. The topological polar surface area (TPSA) is 114 Å². The van der Waals surface area contributed by atoms with Crippen molar-refractivity contribution >= 4 is 99.0 Å². The van der Waals surface area contributed by atoms with E-state index in [4.69, 9.17) is 0 Å². The molecule has 4 aliphatic rings. The Kier molecular flexibility index (Phi) is 13.6. The second-order valence-electron chi connectivity index (χ2n) is 17.9. The molecule has 0 bridgehead atoms. The van der Waals surface area contributed by atoms with Crippen LogP contribution in [0.4, 0.5) is 57.8 Å². The van der Waals surface area contributed by atoms with Crippen molar-refractivity contribution in [2.45, 2.75) is 0 Å². The molecule has 24 heteroatoms. The van der Waals surface area contributed by atoms with E-state index in [9.17, 15) is 0 Å². The van der Waals surface area contributed by atoms with Crippen LogP contribution in [0.15, 0.2) is 249 Å². The van der Waals surface area contributed by atoms with Gasteiger partial charge in [0, 0.05) is 24.8 Å². The molecule has 0 saturated carbocycles. The highest BCUT2D eigenvalue weighted by Crippen LogP contribution is 2.52. The molecule has 0 unspecified atom stereocenters. The third kappa shape index (κ3) is 9.22. The molecule has 0 atom stereocenters. The maximum atomic E-state index is 16.0. The Bertz CT molecular complexity index is 3640. The van der Waals surface area contributed by atoms with E-state index in [0.717, 1.165) is 0 Å². The van der Waals surface area contributed by atoms with Gasteiger partial charge >= 0.3 is 29.6 Å². The zero-order valence-electron chi connectivity index (χ0n) is 41.3. The van der Waals surface area contributed by atoms with Crippen LogP contribution in [-0.4, -0.2) is 92.1 Å². The van der Waals surface area contributed by atoms with Crippen LogP contribution in [-0.2, 0) is 0 Å². The number of pyridine rings is 4. The number of rotatable bonds is 13. The SMILES string of the molecule is FB(F)N1C(c2ccccc2)=C2C(=C(c3ccc(-c4ccc(C5=C6C(=C(c7ccccc7)N(B(F)F)/C6=N\c6ccccn6)/C(=N/c6ccccn6)N5B(F)F)cc4)cc3)N(B(F)F)/C2=N\c2ccccn2)/C1=N/c1ccccn1. The zero-order valence-corrected chi connectivity index (χ0v) is 41.3. The van der Waals surface area contributed by atoms with Crippen LogP contribution in [0.1, 0.15) is 22.3 Å². The normalized spacial score (nSPS) is 17.1. The molecule has 0 aliphatic carbocycles. The summed E-state index contributed by atoms with van der Waals surface area (Å²) in [5, 5.41) is 0. The summed E-state index contributed by atoms with van der Waals surface area (Å²) in [6.45, 7) is 0. The molecule has 80 heavy (non-hydrogen) atoms. The van der Waals surface area contributed by atoms with Crippen molar-refractivity contribution in [1.29, 1.82) is 0 Å². The minimum atomic E-state index is -3.27. The first-order chi connectivity index (χ1) is 39.0. The van der Waals surface area contributed by atoms with E-state index in [2.05, 4.69) is 39.9 Å². The predicted octanol–water partition coefficient (Wildman–Crippen LogP) is 13.1. The summed E-state index contributed by atoms with van der Waals surface area (Å²) in [7, 11) is -13.0. The molecule has 4 aromatic heterocycles. The lowest BCUT2D eigenvalue weighted by molar-refractivity contribution is 0.567. The lowest BCUT2D eigenvalue weighted by Crippen LogP contribution is -2.38. The molecule has 8 heterocycles. The fraction of sp³-hybridized carbons (Fsp3) is 0. The first kappa shape index (κ1) is 50.8. The summed E-state index contributed by atoms with van der Waals surface area (Å²) in [6, 6.07) is 48.0. The molecule has 12 rings (SSSR count). The van der Waals surface area contributed by atoms with Gasteiger partial charge < -0.3 is 19.2 Å². The smallest absolute Gasteiger partial charge is 0.308 e. The monoisotopic (exact) mass is 1070 g/mol. The molecule has 0 N–H and O–H groups in total. The summed E-state index contributed by atoms with van der Waals surface area (Å²) >= 11 is 0. The minimum Gasteiger partial charge on any atom is -0.308 e. The highest BCUT2D eigenvalue weighted by atomic mass is 19.3. The second kappa shape index (κ2) is 21.4. The number of benzene rings is 4. The molecule has 0 fully saturated rings. The molecule has 4 aliphatic heterocycles. The summed E-state index contributed by atoms with van der Waals surface area (Å²) in [5.41, 5.74) is 1.14. The van der Waals surface area contributed by atoms with E-state index in [-0.39, 0.29) is 114 Å². The van der Waals surface area contributed by atoms with Gasteiger partial charge in [-0.05, 0) is 81.9 Å². The van der Waals surface area contributed by atoms with Crippen molar-refractivity contribution in [1.82, 2.24) is 39.2 Å². The quantitative estimate of drug-likeness (QED) is 0.0828. The fourth-order valence-corrected chi connectivity index (χ4v) is 10.0. The van der Waals surface area contributed by atoms with E-state index < -0.39 is 29.6 Å². The van der Waals surface area contributed by atoms with Crippen LogP contribution in [0, 0.1) is 0 Å². The molecule has 0 saturated heterocycles. The van der Waals surface area contributed by atoms with Gasteiger partial charge in [-0.3, -0.25) is 34.5 Å². The molecule has 8 aromatic rings. The Morgan fingerprint density at radius 3 is 0.675 bits per heavy atom. The van der Waals surface area contributed by atoms with Gasteiger partial charge in [-0.2, -0.15) is 0 Å². The molecule has 386 valence electrons. The zero-order chi connectivity index (χ0) is 55.0. The number of amidine groups is 4. The molecule has 4 aromatic carbocycles. The molecule has 0 amide bonds. The molecular weight excluding hydrogens is 1040 g/mol. The predicted molar refractivity (Wildman–Crippen MR) is 297 cm³/mol. The maximum Gasteiger partial charge on any atom is 0.679 e. The third-order valence-electron chi connectivity index (χ3n) is 13.2. The minimum absolute atomic E-state index is 0.0357. The third-order valence-corrected chi connectivity index (χ3v) is 13.2. The Labute approximate surface area is 453 Å². The number of nitrogens with zero attached hydrogens (tertiary/aromatic N) is 12. The van der Waals surface area contributed by atoms with E-state index >= 15 is 34.5 Å². The molecule has 0 spiro atoms. The van der Waals surface area contributed by atoms with Crippen LogP contribution < -0.4 is 0 Å². The lowest BCUT2D eigenvalue weighted by atomic mass is 9.96. The van der Waals surface area contributed by atoms with Gasteiger partial charge in [-0.25, -0.2) is 39.9 Å². The Balaban J connectivity index is 1.02. The Morgan fingerprint density at radius 1 is 0.250 bits per heavy atom. The van der Waals surface area contributed by atoms with Gasteiger partial charge in [0.1, 0.15) is 23.3 Å². The summed E-state index contributed by atoms with van der Waals surface area (Å²) in [6.07, 6.45) is 5.72. The molecule has 0 radical (unpaired) electrons. The van der Waals surface area contributed by atoms with E-state index in [0.29, 0.717) is 30.4 Å². The number of aliphatic imine (C=N–C) groups is 4. The standard InChI is InChI=1S/C56H34B4F8N12/c61-57(62)77-49(37-15-3-1-4-16-37)45-47(55(77)75-43-21-9-13-33-71-43)51(79(59(65)66)53(45)73-41-19-7-11-31-69-41)39-27-23-35(24-28-39)36-25-29-40(30-26-36)52-48-46(54(80(52)60(67)68)74-42-20-8-12-32-70-42)50(38-17-5-2-6-18-38)78(58(63)64)56(48)76-44-22-10-14-34-72-44/h1-34H/b73-53-,74-54-,75-55-,76-56-. The number of hydrogen-bond acceptors (Lipinski definition) is 8. The summed E-state index contributed by atoms with van der Waals surface area (Å²) in [4.78, 5) is 38.2. The summed E-state index contributed by atoms with van der Waals surface area (Å²) in [5.74, 6) is -1.27. The first-order valence-electron chi connectivity index (χ1n) is 24.7. The average molecular weight is 1070 g/mol. The average Bonchev–Trinajstić information content (AvgIpc) is 3.83. The van der Waals surface area contributed by atoms with E-state index in [1.807, 2.05) is 0 Å². The maximum absolute atomic E-state index is 16.0. The number of fused-ring (bicyclic) bond motifs is 2. The van der Waals surface area contributed by atoms with Crippen LogP contribution in [0.25, 0.3) is 33.9 Å². The van der Waals surface area contributed by atoms with Gasteiger partial charge in [0.2, 0.25) is 0 Å². The van der Waals surface area contributed by atoms with Gasteiger partial charge in [0.05, 0.1) is 45.1 Å². The van der Waals surface area contributed by atoms with Crippen LogP contribution >= 0.6 is 0 Å². The van der Waals surface area contributed by atoms with Crippen molar-refractivity contribution in [2.24, 2.45) is 20.0 Å². The first-order valence-corrected chi connectivity index (χ1v) is 24.7. The molecule has 12 nitrogen and oxygen atoms in total. The highest BCUT2D eigenvalue weighted by Gasteiger charge is 2.55. The number of halogens is 8. The fourth-order valence-electron chi connectivity index (χ4n) is 10.0. The second-order valence-corrected chi connectivity index (χ2v) is 17.9. The van der Waals surface area contributed by atoms with E-state index in [1.165, 1.54) is 49.1 Å². The van der Waals surface area contributed by atoms with Crippen molar-refractivity contribution in [3.63, 3.8) is 0 Å². The van der Waals surface area contributed by atoms with Crippen LogP contribution in [0.5, 0.6) is 0 Å². The van der Waals surface area contributed by atoms with Gasteiger partial charge in [-0.1, -0.05) is 133 Å². The summed E-state index contributed by atoms with van der Waals surface area (Å²) < 4.78 is 127. The lowest BCUT2D eigenvalue weighted by Gasteiger charge is -2.26.